The lowest BCUT2D eigenvalue weighted by molar-refractivity contribution is 0.249. The summed E-state index contributed by atoms with van der Waals surface area (Å²) < 4.78 is 7.27. The van der Waals surface area contributed by atoms with E-state index in [-0.39, 0.29) is 6.61 Å². The summed E-state index contributed by atoms with van der Waals surface area (Å²) in [6.45, 7) is 4.60. The third-order valence-corrected chi connectivity index (χ3v) is 6.16. The van der Waals surface area contributed by atoms with Crippen molar-refractivity contribution >= 4 is 11.3 Å². The lowest BCUT2D eigenvalue weighted by atomic mass is 10.1. The fourth-order valence-corrected chi connectivity index (χ4v) is 4.33. The van der Waals surface area contributed by atoms with Gasteiger partial charge >= 0.3 is 0 Å². The molecule has 0 bridgehead atoms. The Morgan fingerprint density at radius 1 is 1.00 bits per heavy atom. The molecule has 0 unspecified atom stereocenters. The number of terminal acetylenes is 2. The van der Waals surface area contributed by atoms with Crippen LogP contribution in [0, 0.1) is 36.0 Å². The third kappa shape index (κ3) is 4.70. The molecule has 1 aliphatic heterocycles. The summed E-state index contributed by atoms with van der Waals surface area (Å²) in [5.41, 5.74) is 4.68. The molecule has 36 heavy (non-hydrogen) atoms. The summed E-state index contributed by atoms with van der Waals surface area (Å²) in [4.78, 5) is 13.7. The Labute approximate surface area is 209 Å². The lowest BCUT2D eigenvalue weighted by Gasteiger charge is -2.35. The molecule has 4 aromatic rings. The summed E-state index contributed by atoms with van der Waals surface area (Å²) >= 11 is 0. The minimum absolute atomic E-state index is 0.146. The fraction of sp³-hybridized carbons (Fsp3) is 0.214. The molecular formula is C28H23N7O. The molecule has 0 spiro atoms. The molecular weight excluding hydrogens is 450 g/mol. The van der Waals surface area contributed by atoms with Crippen LogP contribution in [0.3, 0.4) is 0 Å². The molecule has 0 aliphatic carbocycles. The van der Waals surface area contributed by atoms with Gasteiger partial charge in [0.05, 0.1) is 23.5 Å². The van der Waals surface area contributed by atoms with Crippen LogP contribution < -0.4 is 9.64 Å². The van der Waals surface area contributed by atoms with Crippen molar-refractivity contribution in [1.29, 1.82) is 5.26 Å². The molecule has 0 N–H and O–H groups in total. The summed E-state index contributed by atoms with van der Waals surface area (Å²) in [6, 6.07) is 12.0. The van der Waals surface area contributed by atoms with Crippen LogP contribution in [0.2, 0.25) is 0 Å². The zero-order valence-electron chi connectivity index (χ0n) is 19.6. The molecule has 8 nitrogen and oxygen atoms in total. The number of nitriles is 1. The predicted molar refractivity (Wildman–Crippen MR) is 137 cm³/mol. The Balaban J connectivity index is 1.30. The Morgan fingerprint density at radius 3 is 2.53 bits per heavy atom. The van der Waals surface area contributed by atoms with Crippen molar-refractivity contribution in [1.82, 2.24) is 24.5 Å². The van der Waals surface area contributed by atoms with E-state index in [9.17, 15) is 5.26 Å². The molecule has 1 saturated heterocycles. The van der Waals surface area contributed by atoms with Crippen LogP contribution in [-0.2, 0) is 6.54 Å². The third-order valence-electron chi connectivity index (χ3n) is 6.16. The largest absolute Gasteiger partial charge is 0.479 e. The minimum atomic E-state index is 0.146. The Bertz CT molecular complexity index is 1490. The molecule has 8 heteroatoms. The number of ether oxygens (including phenoxy) is 1. The average molecular weight is 474 g/mol. The molecule has 5 heterocycles. The number of pyridine rings is 3. The van der Waals surface area contributed by atoms with E-state index in [1.165, 1.54) is 0 Å². The Hall–Kier alpha value is -4.84. The van der Waals surface area contributed by atoms with E-state index >= 15 is 0 Å². The molecule has 1 fully saturated rings. The van der Waals surface area contributed by atoms with E-state index in [0.717, 1.165) is 55.2 Å². The number of nitrogens with zero attached hydrogens (tertiary/aromatic N) is 7. The van der Waals surface area contributed by atoms with Crippen molar-refractivity contribution in [3.63, 3.8) is 0 Å². The van der Waals surface area contributed by atoms with Gasteiger partial charge in [-0.25, -0.2) is 14.5 Å². The number of rotatable bonds is 6. The first-order valence-corrected chi connectivity index (χ1v) is 11.5. The molecule has 0 saturated carbocycles. The van der Waals surface area contributed by atoms with Gasteiger partial charge in [-0.3, -0.25) is 4.90 Å². The standard InChI is InChI=1S/C28H23N7O/c1-3-13-36-25-14-26(28-23(15-29)18-32-35(28)20-25)22-6-8-27(31-17-22)34-11-9-33(10-12-34)19-21-5-7-24(4-2)30-16-21/h1-2,5-8,14,16-18,20H,9-13,19H2. The fourth-order valence-electron chi connectivity index (χ4n) is 4.33. The van der Waals surface area contributed by atoms with Crippen molar-refractivity contribution in [2.45, 2.75) is 6.54 Å². The van der Waals surface area contributed by atoms with Crippen LogP contribution in [0.4, 0.5) is 5.82 Å². The van der Waals surface area contributed by atoms with Gasteiger partial charge in [0.15, 0.2) is 0 Å². The van der Waals surface area contributed by atoms with Crippen molar-refractivity contribution in [3.8, 4) is 47.6 Å². The SMILES string of the molecule is C#CCOc1cc(-c2ccc(N3CCN(Cc4ccc(C#C)nc4)CC3)nc2)c2c(C#N)cnn2c1. The van der Waals surface area contributed by atoms with E-state index < -0.39 is 0 Å². The van der Waals surface area contributed by atoms with Crippen LogP contribution in [0.15, 0.2) is 55.1 Å². The van der Waals surface area contributed by atoms with Gasteiger partial charge < -0.3 is 9.64 Å². The van der Waals surface area contributed by atoms with Crippen molar-refractivity contribution in [3.05, 3.63) is 71.9 Å². The second kappa shape index (κ2) is 10.2. The molecule has 0 radical (unpaired) electrons. The van der Waals surface area contributed by atoms with E-state index in [2.05, 4.69) is 37.8 Å². The smallest absolute Gasteiger partial charge is 0.148 e. The van der Waals surface area contributed by atoms with E-state index in [1.807, 2.05) is 42.7 Å². The maximum Gasteiger partial charge on any atom is 0.148 e. The second-order valence-corrected chi connectivity index (χ2v) is 8.41. The maximum atomic E-state index is 9.56. The highest BCUT2D eigenvalue weighted by molar-refractivity contribution is 5.85. The average Bonchev–Trinajstić information content (AvgIpc) is 3.35. The quantitative estimate of drug-likeness (QED) is 0.398. The lowest BCUT2D eigenvalue weighted by Crippen LogP contribution is -2.46. The normalized spacial score (nSPS) is 13.6. The van der Waals surface area contributed by atoms with E-state index in [0.29, 0.717) is 22.5 Å². The van der Waals surface area contributed by atoms with Gasteiger partial charge in [0, 0.05) is 56.2 Å². The molecule has 4 aromatic heterocycles. The second-order valence-electron chi connectivity index (χ2n) is 8.41. The van der Waals surface area contributed by atoms with Gasteiger partial charge in [0.1, 0.15) is 29.9 Å². The van der Waals surface area contributed by atoms with Crippen molar-refractivity contribution < 1.29 is 4.74 Å². The van der Waals surface area contributed by atoms with E-state index in [4.69, 9.17) is 22.6 Å². The van der Waals surface area contributed by atoms with Gasteiger partial charge in [-0.15, -0.1) is 12.8 Å². The summed E-state index contributed by atoms with van der Waals surface area (Å²) in [6.07, 6.45) is 17.7. The Morgan fingerprint density at radius 2 is 1.86 bits per heavy atom. The number of fused-ring (bicyclic) bond motifs is 1. The molecule has 0 aromatic carbocycles. The monoisotopic (exact) mass is 473 g/mol. The molecule has 5 rings (SSSR count). The summed E-state index contributed by atoms with van der Waals surface area (Å²) in [7, 11) is 0. The van der Waals surface area contributed by atoms with Gasteiger partial charge in [0.25, 0.3) is 0 Å². The number of aromatic nitrogens is 4. The Kier molecular flexibility index (Phi) is 6.49. The first-order valence-electron chi connectivity index (χ1n) is 11.5. The molecule has 1 aliphatic rings. The predicted octanol–water partition coefficient (Wildman–Crippen LogP) is 2.98. The highest BCUT2D eigenvalue weighted by Crippen LogP contribution is 2.31. The highest BCUT2D eigenvalue weighted by atomic mass is 16.5. The topological polar surface area (TPSA) is 82.6 Å². The minimum Gasteiger partial charge on any atom is -0.479 e. The number of piperazine rings is 1. The van der Waals surface area contributed by atoms with E-state index in [1.54, 1.807) is 16.9 Å². The van der Waals surface area contributed by atoms with Crippen LogP contribution in [0.5, 0.6) is 5.75 Å². The van der Waals surface area contributed by atoms with Crippen LogP contribution in [0.1, 0.15) is 16.8 Å². The number of anilines is 1. The van der Waals surface area contributed by atoms with Gasteiger partial charge in [-0.05, 0) is 29.8 Å². The van der Waals surface area contributed by atoms with Crippen LogP contribution in [0.25, 0.3) is 16.6 Å². The molecule has 176 valence electrons. The zero-order valence-corrected chi connectivity index (χ0v) is 19.6. The highest BCUT2D eigenvalue weighted by Gasteiger charge is 2.19. The molecule has 0 atom stereocenters. The van der Waals surface area contributed by atoms with Crippen LogP contribution in [-0.4, -0.2) is 57.3 Å². The first kappa shape index (κ1) is 22.9. The molecule has 0 amide bonds. The first-order chi connectivity index (χ1) is 17.7. The van der Waals surface area contributed by atoms with Crippen molar-refractivity contribution in [2.24, 2.45) is 0 Å². The summed E-state index contributed by atoms with van der Waals surface area (Å²) in [5, 5.41) is 13.9. The number of hydrogen-bond acceptors (Lipinski definition) is 7. The van der Waals surface area contributed by atoms with Gasteiger partial charge in [-0.1, -0.05) is 17.9 Å². The zero-order chi connectivity index (χ0) is 24.9. The van der Waals surface area contributed by atoms with Crippen LogP contribution >= 0.6 is 0 Å². The summed E-state index contributed by atoms with van der Waals surface area (Å²) in [5.74, 6) is 6.51. The maximum absolute atomic E-state index is 9.56. The van der Waals surface area contributed by atoms with Gasteiger partial charge in [-0.2, -0.15) is 10.4 Å². The van der Waals surface area contributed by atoms with Gasteiger partial charge in [0.2, 0.25) is 0 Å². The number of hydrogen-bond donors (Lipinski definition) is 0. The van der Waals surface area contributed by atoms with Crippen molar-refractivity contribution in [2.75, 3.05) is 37.7 Å².